The molecule has 5 aliphatic carbocycles. The number of allylic oxidation sites excluding steroid dienone is 1. The Morgan fingerprint density at radius 1 is 0.922 bits per heavy atom. The first-order valence-electron chi connectivity index (χ1n) is 19.3. The molecule has 5 aliphatic rings. The molecule has 0 saturated heterocycles. The Kier molecular flexibility index (Phi) is 9.20. The second kappa shape index (κ2) is 12.5. The molecular formula is C44H59FO6. The summed E-state index contributed by atoms with van der Waals surface area (Å²) in [4.78, 5) is 36.8. The van der Waals surface area contributed by atoms with Crippen LogP contribution in [0.1, 0.15) is 142 Å². The maximum atomic E-state index is 14.6. The van der Waals surface area contributed by atoms with Crippen molar-refractivity contribution in [3.63, 3.8) is 0 Å². The fourth-order valence-electron chi connectivity index (χ4n) is 13.2. The number of halogens is 1. The van der Waals surface area contributed by atoms with Gasteiger partial charge in [0, 0.05) is 16.4 Å². The van der Waals surface area contributed by atoms with E-state index >= 15 is 0 Å². The predicted octanol–water partition coefficient (Wildman–Crippen LogP) is 9.95. The Labute approximate surface area is 304 Å². The number of carboxylic acids is 2. The second-order valence-electron chi connectivity index (χ2n) is 19.3. The molecule has 4 unspecified atom stereocenters. The molecule has 2 N–H and O–H groups in total. The van der Waals surface area contributed by atoms with Gasteiger partial charge in [0.2, 0.25) is 0 Å². The zero-order chi connectivity index (χ0) is 37.5. The van der Waals surface area contributed by atoms with Gasteiger partial charge in [-0.3, -0.25) is 9.59 Å². The molecule has 1 aromatic rings. The van der Waals surface area contributed by atoms with Crippen LogP contribution in [0, 0.1) is 79.7 Å². The van der Waals surface area contributed by atoms with Gasteiger partial charge in [-0.15, -0.1) is 0 Å². The van der Waals surface area contributed by atoms with Gasteiger partial charge >= 0.3 is 17.9 Å². The van der Waals surface area contributed by atoms with Crippen LogP contribution in [-0.2, 0) is 14.3 Å². The normalized spacial score (nSPS) is 39.5. The molecule has 51 heavy (non-hydrogen) atoms. The van der Waals surface area contributed by atoms with Gasteiger partial charge in [0.15, 0.2) is 0 Å². The molecule has 0 heterocycles. The minimum Gasteiger partial charge on any atom is -0.481 e. The summed E-state index contributed by atoms with van der Waals surface area (Å²) in [5, 5.41) is 19.4. The lowest BCUT2D eigenvalue weighted by molar-refractivity contribution is -0.247. The summed E-state index contributed by atoms with van der Waals surface area (Å²) in [6, 6.07) is 4.36. The molecule has 5 saturated carbocycles. The van der Waals surface area contributed by atoms with Crippen LogP contribution in [0.4, 0.5) is 4.39 Å². The molecule has 1 aromatic carbocycles. The lowest BCUT2D eigenvalue weighted by Gasteiger charge is -2.72. The van der Waals surface area contributed by atoms with Crippen LogP contribution < -0.4 is 0 Å². The van der Waals surface area contributed by atoms with Crippen molar-refractivity contribution < 1.29 is 33.7 Å². The number of hydrogen-bond acceptors (Lipinski definition) is 4. The third-order valence-electron chi connectivity index (χ3n) is 16.1. The highest BCUT2D eigenvalue weighted by Crippen LogP contribution is 2.77. The summed E-state index contributed by atoms with van der Waals surface area (Å²) in [6.07, 6.45) is 9.76. The van der Waals surface area contributed by atoms with Crippen molar-refractivity contribution in [1.82, 2.24) is 0 Å². The van der Waals surface area contributed by atoms with Gasteiger partial charge in [0.05, 0.1) is 11.8 Å². The first-order chi connectivity index (χ1) is 23.6. The highest BCUT2D eigenvalue weighted by atomic mass is 19.1. The summed E-state index contributed by atoms with van der Waals surface area (Å²) < 4.78 is 20.8. The van der Waals surface area contributed by atoms with E-state index < -0.39 is 29.1 Å². The van der Waals surface area contributed by atoms with Gasteiger partial charge in [-0.2, -0.15) is 0 Å². The average molecular weight is 703 g/mol. The Bertz CT molecular complexity index is 1700. The Morgan fingerprint density at radius 2 is 1.63 bits per heavy atom. The molecule has 0 aliphatic heterocycles. The quantitative estimate of drug-likeness (QED) is 0.174. The molecule has 6 rings (SSSR count). The monoisotopic (exact) mass is 702 g/mol. The Morgan fingerprint density at radius 3 is 2.27 bits per heavy atom. The van der Waals surface area contributed by atoms with E-state index in [0.717, 1.165) is 64.2 Å². The molecular weight excluding hydrogens is 643 g/mol. The standard InChI is InChI=1S/C44H59FO6/c1-26(2)28-16-22-44(21-15-27-11-10-12-30(45)35(27)37(47)48)24-23-42(8)29(36(28)44)13-14-32-41(7)19-18-33(51-34(46)25-39(3,4)38(49)50)40(5,6)31(41)17-20-43(32,42)9/h10-12,28-29,31-33,36H,1,13-14,16-20,22-25H2,2-9H3,(H,47,48)(H,49,50)/t28-,29?,31?,32?,33-,36?,41-,42+,43+,44+/m0/s1. The van der Waals surface area contributed by atoms with Gasteiger partial charge < -0.3 is 14.9 Å². The van der Waals surface area contributed by atoms with Crippen LogP contribution in [-0.4, -0.2) is 34.2 Å². The third kappa shape index (κ3) is 5.68. The maximum Gasteiger partial charge on any atom is 0.339 e. The lowest BCUT2D eigenvalue weighted by atomic mass is 9.32. The molecule has 0 bridgehead atoms. The number of carboxylic acid groups (broad SMARTS) is 2. The van der Waals surface area contributed by atoms with Crippen LogP contribution in [0.5, 0.6) is 0 Å². The smallest absolute Gasteiger partial charge is 0.339 e. The number of rotatable bonds is 6. The molecule has 0 amide bonds. The van der Waals surface area contributed by atoms with E-state index in [1.165, 1.54) is 11.6 Å². The van der Waals surface area contributed by atoms with Crippen molar-refractivity contribution in [2.45, 2.75) is 132 Å². The molecule has 10 atom stereocenters. The molecule has 0 spiro atoms. The van der Waals surface area contributed by atoms with Crippen molar-refractivity contribution in [3.05, 3.63) is 47.3 Å². The summed E-state index contributed by atoms with van der Waals surface area (Å²) in [5.41, 5.74) is -0.302. The number of carbonyl (C=O) groups excluding carboxylic acids is 1. The van der Waals surface area contributed by atoms with Crippen LogP contribution >= 0.6 is 0 Å². The van der Waals surface area contributed by atoms with Gasteiger partial charge in [-0.25, -0.2) is 9.18 Å². The third-order valence-corrected chi connectivity index (χ3v) is 16.1. The second-order valence-corrected chi connectivity index (χ2v) is 19.3. The van der Waals surface area contributed by atoms with Crippen molar-refractivity contribution in [3.8, 4) is 11.8 Å². The zero-order valence-corrected chi connectivity index (χ0v) is 32.1. The molecule has 5 fully saturated rings. The molecule has 0 aromatic heterocycles. The SMILES string of the molecule is C=C(C)[C@@H]1CC[C@]2(C#Cc3cccc(F)c3C(=O)O)CC[C@]3(C)C(CCC4[C@@]5(C)CC[C@H](OC(=O)CC(C)(C)C(=O)O)C(C)(C)C5CC[C@]43C)C12. The fourth-order valence-corrected chi connectivity index (χ4v) is 13.2. The topological polar surface area (TPSA) is 101 Å². The Hall–Kier alpha value is -3.14. The molecule has 7 heteroatoms. The number of esters is 1. The van der Waals surface area contributed by atoms with Crippen LogP contribution in [0.25, 0.3) is 0 Å². The highest BCUT2D eigenvalue weighted by Gasteiger charge is 2.71. The van der Waals surface area contributed by atoms with E-state index in [2.05, 4.69) is 60.0 Å². The van der Waals surface area contributed by atoms with Gasteiger partial charge in [0.25, 0.3) is 0 Å². The Balaban J connectivity index is 1.30. The number of aromatic carboxylic acids is 1. The number of fused-ring (bicyclic) bond motifs is 7. The number of aliphatic carboxylic acids is 1. The predicted molar refractivity (Wildman–Crippen MR) is 195 cm³/mol. The van der Waals surface area contributed by atoms with Gasteiger partial charge in [0.1, 0.15) is 17.5 Å². The lowest BCUT2D eigenvalue weighted by Crippen LogP contribution is -2.66. The van der Waals surface area contributed by atoms with Crippen LogP contribution in [0.2, 0.25) is 0 Å². The number of carbonyl (C=O) groups is 3. The van der Waals surface area contributed by atoms with Gasteiger partial charge in [-0.1, -0.05) is 64.7 Å². The zero-order valence-electron chi connectivity index (χ0n) is 32.1. The largest absolute Gasteiger partial charge is 0.481 e. The average Bonchev–Trinajstić information content (AvgIpc) is 3.41. The van der Waals surface area contributed by atoms with E-state index in [4.69, 9.17) is 4.74 Å². The van der Waals surface area contributed by atoms with Gasteiger partial charge in [-0.05, 0) is 143 Å². The van der Waals surface area contributed by atoms with Crippen molar-refractivity contribution in [2.24, 2.45) is 62.1 Å². The van der Waals surface area contributed by atoms with E-state index in [1.807, 2.05) is 0 Å². The van der Waals surface area contributed by atoms with Crippen LogP contribution in [0.3, 0.4) is 0 Å². The summed E-state index contributed by atoms with van der Waals surface area (Å²) in [5.74, 6) is 5.42. The first-order valence-corrected chi connectivity index (χ1v) is 19.3. The van der Waals surface area contributed by atoms with E-state index in [1.54, 1.807) is 26.0 Å². The molecule has 278 valence electrons. The first kappa shape index (κ1) is 37.6. The number of ether oxygens (including phenoxy) is 1. The van der Waals surface area contributed by atoms with E-state index in [0.29, 0.717) is 29.6 Å². The molecule has 0 radical (unpaired) electrons. The maximum absolute atomic E-state index is 14.6. The van der Waals surface area contributed by atoms with Crippen LogP contribution in [0.15, 0.2) is 30.4 Å². The minimum absolute atomic E-state index is 0.0795. The minimum atomic E-state index is -1.29. The number of benzene rings is 1. The van der Waals surface area contributed by atoms with E-state index in [-0.39, 0.29) is 50.7 Å². The summed E-state index contributed by atoms with van der Waals surface area (Å²) in [7, 11) is 0. The van der Waals surface area contributed by atoms with Crippen molar-refractivity contribution in [1.29, 1.82) is 0 Å². The fraction of sp³-hybridized carbons (Fsp3) is 0.705. The molecule has 6 nitrogen and oxygen atoms in total. The van der Waals surface area contributed by atoms with Crippen molar-refractivity contribution in [2.75, 3.05) is 0 Å². The van der Waals surface area contributed by atoms with Crippen molar-refractivity contribution >= 4 is 17.9 Å². The summed E-state index contributed by atoms with van der Waals surface area (Å²) in [6.45, 7) is 22.0. The van der Waals surface area contributed by atoms with E-state index in [9.17, 15) is 29.0 Å². The number of hydrogen-bond donors (Lipinski definition) is 2. The highest BCUT2D eigenvalue weighted by molar-refractivity contribution is 5.91. The summed E-state index contributed by atoms with van der Waals surface area (Å²) >= 11 is 0.